The van der Waals surface area contributed by atoms with Gasteiger partial charge in [0.2, 0.25) is 0 Å². The number of aryl methyl sites for hydroxylation is 2. The maximum absolute atomic E-state index is 5.59. The van der Waals surface area contributed by atoms with Crippen LogP contribution in [0.5, 0.6) is 0 Å². The van der Waals surface area contributed by atoms with E-state index >= 15 is 0 Å². The SMILES string of the molecule is CCN(C)c1c(CCN)c(C)nn1C. The summed E-state index contributed by atoms with van der Waals surface area (Å²) in [6.07, 6.45) is 0.902. The fourth-order valence-electron chi connectivity index (χ4n) is 1.75. The van der Waals surface area contributed by atoms with Gasteiger partial charge in [0.15, 0.2) is 0 Å². The lowest BCUT2D eigenvalue weighted by Gasteiger charge is -2.18. The van der Waals surface area contributed by atoms with Gasteiger partial charge in [0.05, 0.1) is 5.69 Å². The summed E-state index contributed by atoms with van der Waals surface area (Å²) in [5.74, 6) is 1.19. The van der Waals surface area contributed by atoms with Crippen LogP contribution in [-0.2, 0) is 13.5 Å². The number of nitrogens with zero attached hydrogens (tertiary/aromatic N) is 3. The van der Waals surface area contributed by atoms with Gasteiger partial charge in [-0.25, -0.2) is 0 Å². The van der Waals surface area contributed by atoms with Gasteiger partial charge in [0, 0.05) is 26.2 Å². The Bertz CT molecular complexity index is 303. The highest BCUT2D eigenvalue weighted by Gasteiger charge is 2.14. The minimum atomic E-state index is 0.678. The predicted molar refractivity (Wildman–Crippen MR) is 59.6 cm³/mol. The summed E-state index contributed by atoms with van der Waals surface area (Å²) >= 11 is 0. The lowest BCUT2D eigenvalue weighted by molar-refractivity contribution is 0.732. The van der Waals surface area contributed by atoms with Crippen molar-refractivity contribution in [2.75, 3.05) is 25.0 Å². The molecule has 0 saturated heterocycles. The van der Waals surface area contributed by atoms with Crippen LogP contribution < -0.4 is 10.6 Å². The second kappa shape index (κ2) is 4.46. The molecule has 14 heavy (non-hydrogen) atoms. The Morgan fingerprint density at radius 3 is 2.64 bits per heavy atom. The minimum Gasteiger partial charge on any atom is -0.360 e. The molecule has 0 spiro atoms. The number of nitrogens with two attached hydrogens (primary N) is 1. The highest BCUT2D eigenvalue weighted by Crippen LogP contribution is 2.21. The fourth-order valence-corrected chi connectivity index (χ4v) is 1.75. The lowest BCUT2D eigenvalue weighted by atomic mass is 10.1. The fraction of sp³-hybridized carbons (Fsp3) is 0.700. The molecule has 0 aliphatic rings. The van der Waals surface area contributed by atoms with Crippen LogP contribution in [0.3, 0.4) is 0 Å². The van der Waals surface area contributed by atoms with Crippen LogP contribution in [0.4, 0.5) is 5.82 Å². The summed E-state index contributed by atoms with van der Waals surface area (Å²) in [6, 6.07) is 0. The van der Waals surface area contributed by atoms with Crippen molar-refractivity contribution in [2.24, 2.45) is 12.8 Å². The van der Waals surface area contributed by atoms with Crippen LogP contribution in [-0.4, -0.2) is 29.9 Å². The largest absolute Gasteiger partial charge is 0.360 e. The topological polar surface area (TPSA) is 47.1 Å². The van der Waals surface area contributed by atoms with Crippen molar-refractivity contribution < 1.29 is 0 Å². The summed E-state index contributed by atoms with van der Waals surface area (Å²) in [7, 11) is 4.06. The predicted octanol–water partition coefficient (Wildman–Crippen LogP) is 0.686. The second-order valence-electron chi connectivity index (χ2n) is 3.56. The summed E-state index contributed by atoms with van der Waals surface area (Å²) < 4.78 is 1.93. The number of rotatable bonds is 4. The smallest absolute Gasteiger partial charge is 0.129 e. The van der Waals surface area contributed by atoms with Crippen molar-refractivity contribution >= 4 is 5.82 Å². The molecular formula is C10H20N4. The summed E-state index contributed by atoms with van der Waals surface area (Å²) in [6.45, 7) is 5.83. The summed E-state index contributed by atoms with van der Waals surface area (Å²) in [5.41, 5.74) is 7.96. The normalized spacial score (nSPS) is 10.6. The molecule has 0 atom stereocenters. The molecule has 0 aliphatic carbocycles. The number of aromatic nitrogens is 2. The van der Waals surface area contributed by atoms with Gasteiger partial charge in [-0.15, -0.1) is 0 Å². The molecule has 0 radical (unpaired) electrons. The van der Waals surface area contributed by atoms with Crippen LogP contribution in [0, 0.1) is 6.92 Å². The van der Waals surface area contributed by atoms with E-state index in [4.69, 9.17) is 5.73 Å². The first-order valence-corrected chi connectivity index (χ1v) is 5.05. The first kappa shape index (κ1) is 11.0. The third kappa shape index (κ3) is 1.90. The summed E-state index contributed by atoms with van der Waals surface area (Å²) in [5, 5.41) is 4.42. The van der Waals surface area contributed by atoms with Crippen LogP contribution in [0.2, 0.25) is 0 Å². The number of anilines is 1. The molecule has 0 aliphatic heterocycles. The van der Waals surface area contributed by atoms with Gasteiger partial charge in [0.1, 0.15) is 5.82 Å². The van der Waals surface area contributed by atoms with E-state index in [1.165, 1.54) is 11.4 Å². The molecular weight excluding hydrogens is 176 g/mol. The van der Waals surface area contributed by atoms with E-state index < -0.39 is 0 Å². The molecule has 1 aromatic rings. The molecule has 1 heterocycles. The maximum atomic E-state index is 5.59. The highest BCUT2D eigenvalue weighted by molar-refractivity contribution is 5.49. The first-order valence-electron chi connectivity index (χ1n) is 5.05. The van der Waals surface area contributed by atoms with Gasteiger partial charge in [-0.05, 0) is 26.8 Å². The van der Waals surface area contributed by atoms with E-state index in [-0.39, 0.29) is 0 Å². The Kier molecular flexibility index (Phi) is 3.52. The third-order valence-corrected chi connectivity index (χ3v) is 2.54. The third-order valence-electron chi connectivity index (χ3n) is 2.54. The monoisotopic (exact) mass is 196 g/mol. The zero-order valence-corrected chi connectivity index (χ0v) is 9.54. The van der Waals surface area contributed by atoms with Crippen molar-refractivity contribution in [3.63, 3.8) is 0 Å². The maximum Gasteiger partial charge on any atom is 0.129 e. The van der Waals surface area contributed by atoms with Gasteiger partial charge in [-0.2, -0.15) is 5.10 Å². The molecule has 4 nitrogen and oxygen atoms in total. The van der Waals surface area contributed by atoms with Crippen molar-refractivity contribution in [2.45, 2.75) is 20.3 Å². The molecule has 2 N–H and O–H groups in total. The molecule has 0 bridgehead atoms. The van der Waals surface area contributed by atoms with Gasteiger partial charge in [0.25, 0.3) is 0 Å². The van der Waals surface area contributed by atoms with E-state index in [9.17, 15) is 0 Å². The van der Waals surface area contributed by atoms with E-state index in [0.717, 1.165) is 18.7 Å². The van der Waals surface area contributed by atoms with E-state index in [0.29, 0.717) is 6.54 Å². The first-order chi connectivity index (χ1) is 6.61. The zero-order chi connectivity index (χ0) is 10.7. The van der Waals surface area contributed by atoms with Gasteiger partial charge in [-0.3, -0.25) is 4.68 Å². The van der Waals surface area contributed by atoms with Crippen LogP contribution in [0.1, 0.15) is 18.2 Å². The minimum absolute atomic E-state index is 0.678. The Balaban J connectivity index is 3.10. The molecule has 0 saturated carbocycles. The van der Waals surface area contributed by atoms with E-state index in [1.54, 1.807) is 0 Å². The van der Waals surface area contributed by atoms with E-state index in [2.05, 4.69) is 24.0 Å². The zero-order valence-electron chi connectivity index (χ0n) is 9.54. The molecule has 0 aromatic carbocycles. The van der Waals surface area contributed by atoms with Crippen molar-refractivity contribution in [3.8, 4) is 0 Å². The van der Waals surface area contributed by atoms with Crippen molar-refractivity contribution in [1.82, 2.24) is 9.78 Å². The molecule has 0 unspecified atom stereocenters. The Hall–Kier alpha value is -1.03. The Labute approximate surface area is 85.7 Å². The number of hydrogen-bond acceptors (Lipinski definition) is 3. The highest BCUT2D eigenvalue weighted by atomic mass is 15.4. The molecule has 1 rings (SSSR count). The van der Waals surface area contributed by atoms with Gasteiger partial charge in [-0.1, -0.05) is 0 Å². The second-order valence-corrected chi connectivity index (χ2v) is 3.56. The quantitative estimate of drug-likeness (QED) is 0.770. The standard InChI is InChI=1S/C10H20N4/c1-5-13(3)10-9(6-7-11)8(2)12-14(10)4/h5-7,11H2,1-4H3. The summed E-state index contributed by atoms with van der Waals surface area (Å²) in [4.78, 5) is 2.20. The van der Waals surface area contributed by atoms with E-state index in [1.807, 2.05) is 18.7 Å². The molecule has 80 valence electrons. The van der Waals surface area contributed by atoms with Crippen molar-refractivity contribution in [1.29, 1.82) is 0 Å². The van der Waals surface area contributed by atoms with Gasteiger partial charge < -0.3 is 10.6 Å². The average Bonchev–Trinajstić information content (AvgIpc) is 2.42. The van der Waals surface area contributed by atoms with Gasteiger partial charge >= 0.3 is 0 Å². The Morgan fingerprint density at radius 1 is 1.50 bits per heavy atom. The molecule has 0 amide bonds. The van der Waals surface area contributed by atoms with Crippen LogP contribution in [0.15, 0.2) is 0 Å². The number of hydrogen-bond donors (Lipinski definition) is 1. The van der Waals surface area contributed by atoms with Crippen molar-refractivity contribution in [3.05, 3.63) is 11.3 Å². The van der Waals surface area contributed by atoms with Crippen LogP contribution >= 0.6 is 0 Å². The molecule has 0 fully saturated rings. The molecule has 1 aromatic heterocycles. The Morgan fingerprint density at radius 2 is 2.14 bits per heavy atom. The average molecular weight is 196 g/mol. The molecule has 4 heteroatoms. The van der Waals surface area contributed by atoms with Crippen LogP contribution in [0.25, 0.3) is 0 Å². The lowest BCUT2D eigenvalue weighted by Crippen LogP contribution is -2.21.